The van der Waals surface area contributed by atoms with Crippen LogP contribution in [0.25, 0.3) is 0 Å². The van der Waals surface area contributed by atoms with Gasteiger partial charge in [0.15, 0.2) is 0 Å². The lowest BCUT2D eigenvalue weighted by atomic mass is 10.2. The molecule has 0 bridgehead atoms. The molecule has 1 heterocycles. The molecule has 92 valence electrons. The fraction of sp³-hybridized carbons (Fsp3) is 0.286. The van der Waals surface area contributed by atoms with E-state index in [1.54, 1.807) is 13.4 Å². The minimum Gasteiger partial charge on any atom is -0.497 e. The fourth-order valence-corrected chi connectivity index (χ4v) is 3.16. The summed E-state index contributed by atoms with van der Waals surface area (Å²) in [6.07, 6.45) is 4.87. The number of aliphatic imine (C=N–C) groups is 2. The highest BCUT2D eigenvalue weighted by Gasteiger charge is 2.23. The predicted octanol–water partition coefficient (Wildman–Crippen LogP) is 3.07. The van der Waals surface area contributed by atoms with E-state index in [-0.39, 0.29) is 0 Å². The highest BCUT2D eigenvalue weighted by Crippen LogP contribution is 2.31. The number of fused-ring (bicyclic) bond motifs is 1. The monoisotopic (exact) mass is 258 g/mol. The number of nitrogens with zero attached hydrogens (tertiary/aromatic N) is 2. The van der Waals surface area contributed by atoms with Crippen LogP contribution in [0.4, 0.5) is 0 Å². The Hall–Kier alpha value is -1.55. The second-order valence-corrected chi connectivity index (χ2v) is 5.50. The third-order valence-corrected chi connectivity index (χ3v) is 4.30. The van der Waals surface area contributed by atoms with Crippen LogP contribution in [-0.4, -0.2) is 24.4 Å². The molecule has 1 unspecified atom stereocenters. The second kappa shape index (κ2) is 4.98. The van der Waals surface area contributed by atoms with Crippen LogP contribution < -0.4 is 4.74 Å². The summed E-state index contributed by atoms with van der Waals surface area (Å²) in [5.41, 5.74) is 3.53. The number of benzene rings is 1. The summed E-state index contributed by atoms with van der Waals surface area (Å²) in [5, 5.41) is 0.512. The zero-order chi connectivity index (χ0) is 12.4. The van der Waals surface area contributed by atoms with Gasteiger partial charge in [-0.2, -0.15) is 0 Å². The summed E-state index contributed by atoms with van der Waals surface area (Å²) in [4.78, 5) is 8.48. The first-order valence-electron chi connectivity index (χ1n) is 5.91. The molecule has 0 fully saturated rings. The van der Waals surface area contributed by atoms with E-state index in [1.807, 2.05) is 23.9 Å². The zero-order valence-corrected chi connectivity index (χ0v) is 11.0. The molecule has 1 aliphatic heterocycles. The number of thioether (sulfide) groups is 1. The van der Waals surface area contributed by atoms with Gasteiger partial charge in [-0.15, -0.1) is 11.8 Å². The molecule has 4 heteroatoms. The molecule has 1 atom stereocenters. The molecule has 3 rings (SSSR count). The third-order valence-electron chi connectivity index (χ3n) is 3.07. The predicted molar refractivity (Wildman–Crippen MR) is 76.7 cm³/mol. The molecular formula is C14H14N2OS. The van der Waals surface area contributed by atoms with Crippen molar-refractivity contribution in [1.82, 2.24) is 0 Å². The molecule has 0 saturated heterocycles. The van der Waals surface area contributed by atoms with Crippen molar-refractivity contribution in [2.45, 2.75) is 17.4 Å². The number of hydrogen-bond acceptors (Lipinski definition) is 4. The maximum Gasteiger partial charge on any atom is 0.118 e. The smallest absolute Gasteiger partial charge is 0.118 e. The Morgan fingerprint density at radius 2 is 2.17 bits per heavy atom. The molecule has 1 aromatic rings. The average Bonchev–Trinajstić information content (AvgIpc) is 2.97. The average molecular weight is 258 g/mol. The van der Waals surface area contributed by atoms with Gasteiger partial charge in [0.2, 0.25) is 0 Å². The number of methoxy groups -OCH3 is 1. The van der Waals surface area contributed by atoms with Crippen LogP contribution in [0.1, 0.15) is 12.0 Å². The van der Waals surface area contributed by atoms with E-state index in [9.17, 15) is 0 Å². The van der Waals surface area contributed by atoms with Gasteiger partial charge in [0.05, 0.1) is 18.5 Å². The van der Waals surface area contributed by atoms with Gasteiger partial charge in [0.25, 0.3) is 0 Å². The summed E-state index contributed by atoms with van der Waals surface area (Å²) in [7, 11) is 1.69. The van der Waals surface area contributed by atoms with Gasteiger partial charge >= 0.3 is 0 Å². The van der Waals surface area contributed by atoms with Crippen LogP contribution in [0.2, 0.25) is 0 Å². The van der Waals surface area contributed by atoms with Gasteiger partial charge in [-0.1, -0.05) is 12.1 Å². The van der Waals surface area contributed by atoms with Crippen LogP contribution in [0.15, 0.2) is 46.0 Å². The molecule has 0 aromatic heterocycles. The van der Waals surface area contributed by atoms with E-state index >= 15 is 0 Å². The van der Waals surface area contributed by atoms with Crippen LogP contribution >= 0.6 is 11.8 Å². The molecule has 18 heavy (non-hydrogen) atoms. The minimum atomic E-state index is 0.512. The van der Waals surface area contributed by atoms with Crippen molar-refractivity contribution < 1.29 is 4.74 Å². The van der Waals surface area contributed by atoms with Crippen LogP contribution in [-0.2, 0) is 5.75 Å². The highest BCUT2D eigenvalue weighted by molar-refractivity contribution is 7.99. The zero-order valence-electron chi connectivity index (χ0n) is 10.2. The first kappa shape index (κ1) is 11.5. The van der Waals surface area contributed by atoms with E-state index in [2.05, 4.69) is 28.2 Å². The molecule has 3 nitrogen and oxygen atoms in total. The van der Waals surface area contributed by atoms with Crippen LogP contribution in [0, 0.1) is 0 Å². The van der Waals surface area contributed by atoms with Gasteiger partial charge in [0, 0.05) is 17.4 Å². The van der Waals surface area contributed by atoms with E-state index in [0.29, 0.717) is 5.25 Å². The van der Waals surface area contributed by atoms with E-state index in [4.69, 9.17) is 4.74 Å². The normalized spacial score (nSPS) is 20.6. The number of hydrogen-bond donors (Lipinski definition) is 0. The van der Waals surface area contributed by atoms with Gasteiger partial charge in [0.1, 0.15) is 12.1 Å². The molecule has 0 N–H and O–H groups in total. The van der Waals surface area contributed by atoms with Crippen molar-refractivity contribution in [3.8, 4) is 5.75 Å². The standard InChI is InChI=1S/C14H14N2OS/c1-17-11-4-2-10(3-5-11)8-18-12-6-13-14(7-12)16-9-15-13/h2-6,9,12H,7-8H2,1H3. The molecule has 0 radical (unpaired) electrons. The maximum absolute atomic E-state index is 5.15. The Labute approximate surface area is 111 Å². The quantitative estimate of drug-likeness (QED) is 0.831. The van der Waals surface area contributed by atoms with Crippen LogP contribution in [0.3, 0.4) is 0 Å². The lowest BCUT2D eigenvalue weighted by Gasteiger charge is -2.07. The van der Waals surface area contributed by atoms with Crippen molar-refractivity contribution >= 4 is 23.8 Å². The van der Waals surface area contributed by atoms with Crippen molar-refractivity contribution in [2.75, 3.05) is 7.11 Å². The fourth-order valence-electron chi connectivity index (χ4n) is 2.06. The number of rotatable bonds is 4. The third kappa shape index (κ3) is 2.34. The number of allylic oxidation sites excluding steroid dienone is 1. The second-order valence-electron chi connectivity index (χ2n) is 4.27. The Morgan fingerprint density at radius 1 is 1.33 bits per heavy atom. The minimum absolute atomic E-state index is 0.512. The summed E-state index contributed by atoms with van der Waals surface area (Å²) in [5.74, 6) is 1.92. The first-order valence-corrected chi connectivity index (χ1v) is 6.96. The highest BCUT2D eigenvalue weighted by atomic mass is 32.2. The van der Waals surface area contributed by atoms with Crippen LogP contribution in [0.5, 0.6) is 5.75 Å². The van der Waals surface area contributed by atoms with Crippen molar-refractivity contribution in [2.24, 2.45) is 9.98 Å². The van der Waals surface area contributed by atoms with Gasteiger partial charge in [-0.05, 0) is 23.8 Å². The van der Waals surface area contributed by atoms with Gasteiger partial charge in [-0.25, -0.2) is 9.98 Å². The summed E-state index contributed by atoms with van der Waals surface area (Å²) in [6.45, 7) is 0. The lowest BCUT2D eigenvalue weighted by Crippen LogP contribution is -1.99. The van der Waals surface area contributed by atoms with E-state index in [0.717, 1.165) is 29.3 Å². The first-order chi connectivity index (χ1) is 8.85. The van der Waals surface area contributed by atoms with Crippen molar-refractivity contribution in [1.29, 1.82) is 0 Å². The molecule has 2 aliphatic rings. The van der Waals surface area contributed by atoms with Crippen molar-refractivity contribution in [3.63, 3.8) is 0 Å². The maximum atomic E-state index is 5.15. The molecule has 1 aromatic carbocycles. The van der Waals surface area contributed by atoms with Crippen molar-refractivity contribution in [3.05, 3.63) is 41.6 Å². The SMILES string of the molecule is COc1ccc(CSC2C=C3N=CN=C3C2)cc1. The molecular weight excluding hydrogens is 244 g/mol. The Balaban J connectivity index is 1.57. The largest absolute Gasteiger partial charge is 0.497 e. The Morgan fingerprint density at radius 3 is 2.89 bits per heavy atom. The van der Waals surface area contributed by atoms with Gasteiger partial charge in [-0.3, -0.25) is 0 Å². The van der Waals surface area contributed by atoms with Gasteiger partial charge < -0.3 is 4.74 Å². The summed E-state index contributed by atoms with van der Waals surface area (Å²) >= 11 is 1.94. The summed E-state index contributed by atoms with van der Waals surface area (Å²) < 4.78 is 5.15. The molecule has 0 saturated carbocycles. The lowest BCUT2D eigenvalue weighted by molar-refractivity contribution is 0.414. The Kier molecular flexibility index (Phi) is 3.19. The molecule has 1 aliphatic carbocycles. The molecule has 0 spiro atoms. The number of ether oxygens (including phenoxy) is 1. The topological polar surface area (TPSA) is 34.0 Å². The van der Waals surface area contributed by atoms with E-state index in [1.165, 1.54) is 5.56 Å². The van der Waals surface area contributed by atoms with E-state index < -0.39 is 0 Å². The Bertz CT molecular complexity index is 531. The molecule has 0 amide bonds. The summed E-state index contributed by atoms with van der Waals surface area (Å²) in [6, 6.07) is 8.24.